The molecule has 0 saturated carbocycles. The molecule has 0 unspecified atom stereocenters. The zero-order valence-corrected chi connectivity index (χ0v) is 13.2. The van der Waals surface area contributed by atoms with Crippen LogP contribution in [-0.4, -0.2) is 14.2 Å². The van der Waals surface area contributed by atoms with Crippen LogP contribution < -0.4 is 9.47 Å². The maximum absolute atomic E-state index is 14.3. The number of hydrogen-bond acceptors (Lipinski definition) is 4. The van der Waals surface area contributed by atoms with Crippen molar-refractivity contribution in [2.45, 2.75) is 9.79 Å². The van der Waals surface area contributed by atoms with E-state index in [0.717, 1.165) is 12.1 Å². The number of ether oxygens (including phenoxy) is 2. The molecule has 2 nitrogen and oxygen atoms in total. The standard InChI is InChI=1S/C14H10F4O2S2/c1-19-5-3-6(15)8(7(16)4-5)9-10(17)13(21)12(20-2)14(22)11(9)18/h3-4,21-22H,1-2H3. The molecule has 0 aliphatic rings. The van der Waals surface area contributed by atoms with Crippen LogP contribution in [0.2, 0.25) is 0 Å². The Morgan fingerprint density at radius 1 is 0.773 bits per heavy atom. The van der Waals surface area contributed by atoms with Gasteiger partial charge >= 0.3 is 0 Å². The highest BCUT2D eigenvalue weighted by atomic mass is 32.1. The van der Waals surface area contributed by atoms with Crippen LogP contribution in [0.5, 0.6) is 11.5 Å². The van der Waals surface area contributed by atoms with Crippen molar-refractivity contribution in [2.24, 2.45) is 0 Å². The molecule has 2 aromatic rings. The second-order valence-corrected chi connectivity index (χ2v) is 5.09. The second kappa shape index (κ2) is 6.29. The van der Waals surface area contributed by atoms with Gasteiger partial charge in [0.15, 0.2) is 17.4 Å². The molecule has 2 rings (SSSR count). The lowest BCUT2D eigenvalue weighted by molar-refractivity contribution is 0.378. The fourth-order valence-corrected chi connectivity index (χ4v) is 2.68. The van der Waals surface area contributed by atoms with Crippen LogP contribution >= 0.6 is 25.3 Å². The third-order valence-corrected chi connectivity index (χ3v) is 3.79. The van der Waals surface area contributed by atoms with Crippen molar-refractivity contribution in [3.63, 3.8) is 0 Å². The van der Waals surface area contributed by atoms with E-state index in [0.29, 0.717) is 0 Å². The van der Waals surface area contributed by atoms with Gasteiger partial charge in [0.2, 0.25) is 0 Å². The van der Waals surface area contributed by atoms with Gasteiger partial charge in [-0.2, -0.15) is 0 Å². The van der Waals surface area contributed by atoms with E-state index in [2.05, 4.69) is 25.3 Å². The average molecular weight is 350 g/mol. The molecule has 0 aromatic heterocycles. The second-order valence-electron chi connectivity index (χ2n) is 4.20. The van der Waals surface area contributed by atoms with Crippen molar-refractivity contribution in [1.82, 2.24) is 0 Å². The van der Waals surface area contributed by atoms with Crippen LogP contribution in [0.3, 0.4) is 0 Å². The number of benzene rings is 2. The Hall–Kier alpha value is -1.54. The van der Waals surface area contributed by atoms with Crippen molar-refractivity contribution in [2.75, 3.05) is 14.2 Å². The van der Waals surface area contributed by atoms with E-state index in [-0.39, 0.29) is 11.5 Å². The van der Waals surface area contributed by atoms with Gasteiger partial charge in [-0.15, -0.1) is 25.3 Å². The zero-order chi connectivity index (χ0) is 16.6. The molecule has 0 atom stereocenters. The summed E-state index contributed by atoms with van der Waals surface area (Å²) in [7, 11) is 2.38. The van der Waals surface area contributed by atoms with Crippen LogP contribution in [-0.2, 0) is 0 Å². The average Bonchev–Trinajstić information content (AvgIpc) is 2.48. The summed E-state index contributed by atoms with van der Waals surface area (Å²) in [6.45, 7) is 0. The molecule has 118 valence electrons. The highest BCUT2D eigenvalue weighted by Gasteiger charge is 2.27. The number of halogens is 4. The van der Waals surface area contributed by atoms with Crippen molar-refractivity contribution in [3.8, 4) is 22.6 Å². The fourth-order valence-electron chi connectivity index (χ4n) is 1.96. The Balaban J connectivity index is 2.85. The molecule has 8 heteroatoms. The molecule has 0 N–H and O–H groups in total. The summed E-state index contributed by atoms with van der Waals surface area (Å²) in [5.41, 5.74) is -1.78. The van der Waals surface area contributed by atoms with Crippen LogP contribution in [0.1, 0.15) is 0 Å². The van der Waals surface area contributed by atoms with E-state index in [4.69, 9.17) is 9.47 Å². The Labute approximate surface area is 134 Å². The monoisotopic (exact) mass is 350 g/mol. The highest BCUT2D eigenvalue weighted by molar-refractivity contribution is 7.81. The molecule has 22 heavy (non-hydrogen) atoms. The lowest BCUT2D eigenvalue weighted by atomic mass is 10.0. The van der Waals surface area contributed by atoms with Crippen molar-refractivity contribution < 1.29 is 27.0 Å². The molecular formula is C14H10F4O2S2. The van der Waals surface area contributed by atoms with Crippen molar-refractivity contribution in [1.29, 1.82) is 0 Å². The number of rotatable bonds is 3. The highest BCUT2D eigenvalue weighted by Crippen LogP contribution is 2.43. The molecule has 0 radical (unpaired) electrons. The fraction of sp³-hybridized carbons (Fsp3) is 0.143. The molecular weight excluding hydrogens is 340 g/mol. The quantitative estimate of drug-likeness (QED) is 0.627. The third-order valence-electron chi connectivity index (χ3n) is 2.99. The van der Waals surface area contributed by atoms with Crippen molar-refractivity contribution >= 4 is 25.3 Å². The van der Waals surface area contributed by atoms with Gasteiger partial charge in [0.1, 0.15) is 17.4 Å². The minimum atomic E-state index is -1.25. The molecule has 0 aliphatic carbocycles. The Bertz CT molecular complexity index is 698. The van der Waals surface area contributed by atoms with Crippen LogP contribution in [0.15, 0.2) is 21.9 Å². The van der Waals surface area contributed by atoms with Gasteiger partial charge in [0.05, 0.1) is 35.1 Å². The summed E-state index contributed by atoms with van der Waals surface area (Å²) in [4.78, 5) is -0.808. The predicted octanol–water partition coefficient (Wildman–Crippen LogP) is 4.50. The van der Waals surface area contributed by atoms with E-state index < -0.39 is 44.2 Å². The third kappa shape index (κ3) is 2.61. The maximum Gasteiger partial charge on any atom is 0.151 e. The SMILES string of the molecule is COc1cc(F)c(-c2c(F)c(S)c(OC)c(S)c2F)c(F)c1. The molecule has 0 amide bonds. The molecule has 0 spiro atoms. The summed E-state index contributed by atoms with van der Waals surface area (Å²) < 4.78 is 66.2. The van der Waals surface area contributed by atoms with E-state index in [9.17, 15) is 17.6 Å². The number of thiol groups is 2. The first-order valence-electron chi connectivity index (χ1n) is 5.83. The zero-order valence-electron chi connectivity index (χ0n) is 11.4. The minimum absolute atomic E-state index is 0.120. The van der Waals surface area contributed by atoms with Gasteiger partial charge in [0.25, 0.3) is 0 Å². The van der Waals surface area contributed by atoms with Gasteiger partial charge in [-0.1, -0.05) is 0 Å². The summed E-state index contributed by atoms with van der Waals surface area (Å²) in [6, 6.07) is 1.63. The first-order chi connectivity index (χ1) is 10.3. The molecule has 0 saturated heterocycles. The number of hydrogen-bond donors (Lipinski definition) is 2. The predicted molar refractivity (Wildman–Crippen MR) is 79.3 cm³/mol. The largest absolute Gasteiger partial charge is 0.497 e. The Morgan fingerprint density at radius 2 is 1.23 bits per heavy atom. The maximum atomic E-state index is 14.3. The summed E-state index contributed by atoms with van der Waals surface area (Å²) in [6.07, 6.45) is 0. The summed E-state index contributed by atoms with van der Waals surface area (Å²) in [5.74, 6) is -5.25. The van der Waals surface area contributed by atoms with Crippen LogP contribution in [0, 0.1) is 23.3 Å². The molecule has 0 heterocycles. The van der Waals surface area contributed by atoms with E-state index in [1.165, 1.54) is 14.2 Å². The normalized spacial score (nSPS) is 10.7. The van der Waals surface area contributed by atoms with Gasteiger partial charge in [-0.3, -0.25) is 0 Å². The molecule has 0 bridgehead atoms. The van der Waals surface area contributed by atoms with Gasteiger partial charge in [-0.25, -0.2) is 17.6 Å². The molecule has 0 fully saturated rings. The van der Waals surface area contributed by atoms with Gasteiger partial charge in [0, 0.05) is 12.1 Å². The first kappa shape index (κ1) is 16.8. The van der Waals surface area contributed by atoms with Gasteiger partial charge in [-0.05, 0) is 0 Å². The van der Waals surface area contributed by atoms with Crippen molar-refractivity contribution in [3.05, 3.63) is 35.4 Å². The van der Waals surface area contributed by atoms with Crippen LogP contribution in [0.25, 0.3) is 11.1 Å². The lowest BCUT2D eigenvalue weighted by Gasteiger charge is -2.15. The summed E-state index contributed by atoms with van der Waals surface area (Å²) >= 11 is 7.70. The van der Waals surface area contributed by atoms with Crippen LogP contribution in [0.4, 0.5) is 17.6 Å². The van der Waals surface area contributed by atoms with E-state index in [1.807, 2.05) is 0 Å². The molecule has 0 aliphatic heterocycles. The minimum Gasteiger partial charge on any atom is -0.497 e. The first-order valence-corrected chi connectivity index (χ1v) is 6.73. The van der Waals surface area contributed by atoms with E-state index >= 15 is 0 Å². The Kier molecular flexibility index (Phi) is 4.81. The number of methoxy groups -OCH3 is 2. The van der Waals surface area contributed by atoms with Gasteiger partial charge < -0.3 is 9.47 Å². The lowest BCUT2D eigenvalue weighted by Crippen LogP contribution is -2.02. The topological polar surface area (TPSA) is 18.5 Å². The smallest absolute Gasteiger partial charge is 0.151 e. The summed E-state index contributed by atoms with van der Waals surface area (Å²) in [5, 5.41) is 0. The molecule has 2 aromatic carbocycles. The Morgan fingerprint density at radius 3 is 1.59 bits per heavy atom. The van der Waals surface area contributed by atoms with E-state index in [1.54, 1.807) is 0 Å².